The van der Waals surface area contributed by atoms with Gasteiger partial charge in [-0.2, -0.15) is 12.6 Å². The molecule has 12 heavy (non-hydrogen) atoms. The minimum atomic E-state index is -0.443. The van der Waals surface area contributed by atoms with E-state index in [4.69, 9.17) is 0 Å². The van der Waals surface area contributed by atoms with Crippen LogP contribution in [0.3, 0.4) is 0 Å². The van der Waals surface area contributed by atoms with Crippen LogP contribution < -0.4 is 5.32 Å². The number of rotatable bonds is 1. The zero-order valence-electron chi connectivity index (χ0n) is 6.24. The van der Waals surface area contributed by atoms with Gasteiger partial charge in [0.05, 0.1) is 5.75 Å². The molecule has 0 radical (unpaired) electrons. The van der Waals surface area contributed by atoms with Crippen molar-refractivity contribution in [2.24, 2.45) is 0 Å². The number of hydrogen-bond donors (Lipinski definition) is 2. The Morgan fingerprint density at radius 3 is 2.33 bits per heavy atom. The van der Waals surface area contributed by atoms with Crippen molar-refractivity contribution >= 4 is 30.4 Å². The fourth-order valence-corrected chi connectivity index (χ4v) is 1.11. The van der Waals surface area contributed by atoms with Crippen molar-refractivity contribution in [3.05, 3.63) is 0 Å². The Morgan fingerprint density at radius 2 is 1.92 bits per heavy atom. The van der Waals surface area contributed by atoms with Crippen LogP contribution in [0.15, 0.2) is 0 Å². The number of piperazine rings is 1. The largest absolute Gasteiger partial charge is 0.323 e. The third-order valence-corrected chi connectivity index (χ3v) is 1.71. The standard InChI is InChI=1S/C6H8N2O3S/c9-4-1-8(6(11)3-12)2-5(10)7-4/h12H,1-3H2,(H,7,9,10). The summed E-state index contributed by atoms with van der Waals surface area (Å²) in [5.41, 5.74) is 0. The highest BCUT2D eigenvalue weighted by atomic mass is 32.1. The van der Waals surface area contributed by atoms with Crippen LogP contribution in [0.4, 0.5) is 0 Å². The maximum atomic E-state index is 11.0. The summed E-state index contributed by atoms with van der Waals surface area (Å²) in [4.78, 5) is 33.7. The summed E-state index contributed by atoms with van der Waals surface area (Å²) in [6, 6.07) is 0. The van der Waals surface area contributed by atoms with E-state index in [-0.39, 0.29) is 24.7 Å². The lowest BCUT2D eigenvalue weighted by Crippen LogP contribution is -2.53. The molecule has 6 heteroatoms. The van der Waals surface area contributed by atoms with Crippen molar-refractivity contribution in [3.63, 3.8) is 0 Å². The van der Waals surface area contributed by atoms with Crippen LogP contribution in [0.2, 0.25) is 0 Å². The number of carbonyl (C=O) groups is 3. The van der Waals surface area contributed by atoms with Gasteiger partial charge in [0.1, 0.15) is 13.1 Å². The predicted octanol–water partition coefficient (Wildman–Crippen LogP) is -1.60. The fraction of sp³-hybridized carbons (Fsp3) is 0.500. The topological polar surface area (TPSA) is 66.5 Å². The highest BCUT2D eigenvalue weighted by Crippen LogP contribution is 1.96. The van der Waals surface area contributed by atoms with Crippen molar-refractivity contribution in [1.82, 2.24) is 10.2 Å². The van der Waals surface area contributed by atoms with Gasteiger partial charge in [-0.3, -0.25) is 19.7 Å². The molecule has 5 nitrogen and oxygen atoms in total. The van der Waals surface area contributed by atoms with Crippen LogP contribution in [0, 0.1) is 0 Å². The molecule has 0 saturated carbocycles. The Kier molecular flexibility index (Phi) is 2.69. The Labute approximate surface area is 74.5 Å². The number of thiol groups is 1. The third kappa shape index (κ3) is 1.97. The van der Waals surface area contributed by atoms with E-state index in [1.807, 2.05) is 0 Å². The first kappa shape index (κ1) is 9.05. The quantitative estimate of drug-likeness (QED) is 0.385. The maximum absolute atomic E-state index is 11.0. The van der Waals surface area contributed by atoms with Crippen LogP contribution >= 0.6 is 12.6 Å². The van der Waals surface area contributed by atoms with Gasteiger partial charge in [0, 0.05) is 0 Å². The molecule has 1 fully saturated rings. The molecule has 1 aliphatic rings. The molecule has 1 heterocycles. The highest BCUT2D eigenvalue weighted by molar-refractivity contribution is 7.81. The molecule has 1 rings (SSSR count). The van der Waals surface area contributed by atoms with Gasteiger partial charge in [-0.25, -0.2) is 0 Å². The second-order valence-electron chi connectivity index (χ2n) is 2.38. The van der Waals surface area contributed by atoms with Gasteiger partial charge in [0.15, 0.2) is 0 Å². The summed E-state index contributed by atoms with van der Waals surface area (Å²) in [5.74, 6) is -1.18. The van der Waals surface area contributed by atoms with Gasteiger partial charge in [-0.05, 0) is 0 Å². The first-order valence-corrected chi connectivity index (χ1v) is 3.98. The van der Waals surface area contributed by atoms with Crippen molar-refractivity contribution in [1.29, 1.82) is 0 Å². The molecule has 0 atom stereocenters. The average molecular weight is 188 g/mol. The SMILES string of the molecule is O=C1CN(C(=O)CS)CC(=O)N1. The molecule has 0 aromatic rings. The Balaban J connectivity index is 2.61. The lowest BCUT2D eigenvalue weighted by molar-refractivity contribution is -0.144. The fourth-order valence-electron chi connectivity index (χ4n) is 0.914. The number of carbonyl (C=O) groups excluding carboxylic acids is 3. The maximum Gasteiger partial charge on any atom is 0.246 e. The van der Waals surface area contributed by atoms with E-state index in [0.717, 1.165) is 0 Å². The summed E-state index contributed by atoms with van der Waals surface area (Å²) >= 11 is 3.75. The molecular formula is C6H8N2O3S. The number of hydrogen-bond acceptors (Lipinski definition) is 4. The smallest absolute Gasteiger partial charge is 0.246 e. The molecule has 1 saturated heterocycles. The molecule has 0 aromatic heterocycles. The summed E-state index contributed by atoms with van der Waals surface area (Å²) < 4.78 is 0. The molecule has 1 aliphatic heterocycles. The summed E-state index contributed by atoms with van der Waals surface area (Å²) in [5, 5.41) is 2.09. The van der Waals surface area contributed by atoms with Crippen LogP contribution in [-0.2, 0) is 14.4 Å². The summed E-state index contributed by atoms with van der Waals surface area (Å²) in [7, 11) is 0. The number of nitrogens with zero attached hydrogens (tertiary/aromatic N) is 1. The van der Waals surface area contributed by atoms with E-state index in [2.05, 4.69) is 17.9 Å². The first-order valence-electron chi connectivity index (χ1n) is 3.35. The molecule has 66 valence electrons. The van der Waals surface area contributed by atoms with Crippen molar-refractivity contribution < 1.29 is 14.4 Å². The minimum Gasteiger partial charge on any atom is -0.323 e. The van der Waals surface area contributed by atoms with Crippen molar-refractivity contribution in [2.75, 3.05) is 18.8 Å². The van der Waals surface area contributed by atoms with Crippen LogP contribution in [-0.4, -0.2) is 41.5 Å². The molecular weight excluding hydrogens is 180 g/mol. The average Bonchev–Trinajstić information content (AvgIpc) is 2.01. The van der Waals surface area contributed by atoms with Crippen LogP contribution in [0.5, 0.6) is 0 Å². The molecule has 0 aromatic carbocycles. The van der Waals surface area contributed by atoms with E-state index < -0.39 is 11.8 Å². The van der Waals surface area contributed by atoms with Gasteiger partial charge in [-0.15, -0.1) is 0 Å². The molecule has 0 unspecified atom stereocenters. The second-order valence-corrected chi connectivity index (χ2v) is 2.70. The molecule has 0 aliphatic carbocycles. The van der Waals surface area contributed by atoms with E-state index >= 15 is 0 Å². The van der Waals surface area contributed by atoms with Gasteiger partial charge in [0.2, 0.25) is 17.7 Å². The van der Waals surface area contributed by atoms with Crippen LogP contribution in [0.1, 0.15) is 0 Å². The second kappa shape index (κ2) is 3.57. The first-order chi connectivity index (χ1) is 5.63. The predicted molar refractivity (Wildman–Crippen MR) is 43.6 cm³/mol. The van der Waals surface area contributed by atoms with E-state index in [9.17, 15) is 14.4 Å². The van der Waals surface area contributed by atoms with Gasteiger partial charge >= 0.3 is 0 Å². The third-order valence-electron chi connectivity index (χ3n) is 1.44. The van der Waals surface area contributed by atoms with E-state index in [0.29, 0.717) is 0 Å². The summed E-state index contributed by atoms with van der Waals surface area (Å²) in [6.07, 6.45) is 0. The summed E-state index contributed by atoms with van der Waals surface area (Å²) in [6.45, 7) is -0.101. The van der Waals surface area contributed by atoms with E-state index in [1.54, 1.807) is 0 Å². The molecule has 0 bridgehead atoms. The van der Waals surface area contributed by atoms with Gasteiger partial charge in [-0.1, -0.05) is 0 Å². The molecule has 0 spiro atoms. The Hall–Kier alpha value is -1.04. The zero-order valence-corrected chi connectivity index (χ0v) is 7.13. The van der Waals surface area contributed by atoms with E-state index in [1.165, 1.54) is 4.90 Å². The highest BCUT2D eigenvalue weighted by Gasteiger charge is 2.24. The Morgan fingerprint density at radius 1 is 1.42 bits per heavy atom. The zero-order chi connectivity index (χ0) is 9.14. The normalized spacial score (nSPS) is 17.6. The molecule has 3 amide bonds. The number of amides is 3. The van der Waals surface area contributed by atoms with Gasteiger partial charge < -0.3 is 4.90 Å². The minimum absolute atomic E-state index is 0.0144. The van der Waals surface area contributed by atoms with Crippen molar-refractivity contribution in [2.45, 2.75) is 0 Å². The van der Waals surface area contributed by atoms with Crippen molar-refractivity contribution in [3.8, 4) is 0 Å². The number of nitrogens with one attached hydrogen (secondary N) is 1. The van der Waals surface area contributed by atoms with Gasteiger partial charge in [0.25, 0.3) is 0 Å². The number of imide groups is 1. The molecule has 1 N–H and O–H groups in total. The lowest BCUT2D eigenvalue weighted by atomic mass is 10.3. The Bertz CT molecular complexity index is 225. The monoisotopic (exact) mass is 188 g/mol. The van der Waals surface area contributed by atoms with Crippen LogP contribution in [0.25, 0.3) is 0 Å². The lowest BCUT2D eigenvalue weighted by Gasteiger charge is -2.24.